The van der Waals surface area contributed by atoms with E-state index in [9.17, 15) is 9.59 Å². The van der Waals surface area contributed by atoms with Crippen LogP contribution in [0.5, 0.6) is 11.5 Å². The van der Waals surface area contributed by atoms with Crippen molar-refractivity contribution in [3.05, 3.63) is 23.8 Å². The molecule has 124 valence electrons. The van der Waals surface area contributed by atoms with Crippen molar-refractivity contribution in [2.75, 3.05) is 45.9 Å². The average molecular weight is 319 g/mol. The molecule has 1 saturated heterocycles. The molecule has 0 aromatic heterocycles. The zero-order valence-electron chi connectivity index (χ0n) is 13.2. The molecule has 7 nitrogen and oxygen atoms in total. The molecule has 0 atom stereocenters. The molecule has 0 radical (unpaired) electrons. The van der Waals surface area contributed by atoms with E-state index in [1.807, 2.05) is 6.92 Å². The van der Waals surface area contributed by atoms with Crippen LogP contribution in [0.3, 0.4) is 0 Å². The van der Waals surface area contributed by atoms with E-state index in [-0.39, 0.29) is 11.9 Å². The molecule has 0 unspecified atom stereocenters. The van der Waals surface area contributed by atoms with Gasteiger partial charge in [-0.25, -0.2) is 4.79 Å². The molecule has 2 heterocycles. The predicted octanol–water partition coefficient (Wildman–Crippen LogP) is 0.945. The van der Waals surface area contributed by atoms with E-state index in [1.165, 1.54) is 0 Å². The summed E-state index contributed by atoms with van der Waals surface area (Å²) < 4.78 is 11.1. The fourth-order valence-electron chi connectivity index (χ4n) is 2.79. The number of nitrogens with zero attached hydrogens (tertiary/aromatic N) is 2. The summed E-state index contributed by atoms with van der Waals surface area (Å²) in [5.74, 6) is 1.06. The molecular weight excluding hydrogens is 298 g/mol. The van der Waals surface area contributed by atoms with Crippen molar-refractivity contribution in [2.45, 2.75) is 6.92 Å². The number of fused-ring (bicyclic) bond motifs is 1. The molecule has 7 heteroatoms. The lowest BCUT2D eigenvalue weighted by Crippen LogP contribution is -2.53. The first-order valence-electron chi connectivity index (χ1n) is 7.91. The second kappa shape index (κ2) is 6.76. The fraction of sp³-hybridized carbons (Fsp3) is 0.500. The number of ether oxygens (including phenoxy) is 2. The topological polar surface area (TPSA) is 71.1 Å². The third kappa shape index (κ3) is 3.18. The third-order valence-corrected chi connectivity index (χ3v) is 3.98. The molecule has 0 aliphatic carbocycles. The number of hydrogen-bond donors (Lipinski definition) is 1. The van der Waals surface area contributed by atoms with Crippen LogP contribution in [0.25, 0.3) is 0 Å². The molecule has 1 N–H and O–H groups in total. The Balaban J connectivity index is 1.67. The van der Waals surface area contributed by atoms with Gasteiger partial charge in [-0.1, -0.05) is 6.07 Å². The average Bonchev–Trinajstić information content (AvgIpc) is 2.61. The maximum Gasteiger partial charge on any atom is 0.317 e. The van der Waals surface area contributed by atoms with Crippen molar-refractivity contribution in [3.63, 3.8) is 0 Å². The summed E-state index contributed by atoms with van der Waals surface area (Å²) in [5, 5.41) is 2.78. The van der Waals surface area contributed by atoms with Gasteiger partial charge in [-0.15, -0.1) is 0 Å². The molecular formula is C16H21N3O4. The summed E-state index contributed by atoms with van der Waals surface area (Å²) in [4.78, 5) is 28.0. The Morgan fingerprint density at radius 1 is 1.09 bits per heavy atom. The lowest BCUT2D eigenvalue weighted by atomic mass is 10.1. The van der Waals surface area contributed by atoms with Crippen LogP contribution in [0.4, 0.5) is 4.79 Å². The number of para-hydroxylation sites is 1. The van der Waals surface area contributed by atoms with Gasteiger partial charge < -0.3 is 24.6 Å². The number of carbonyl (C=O) groups is 2. The normalized spacial score (nSPS) is 16.9. The summed E-state index contributed by atoms with van der Waals surface area (Å²) in [6, 6.07) is 5.28. The van der Waals surface area contributed by atoms with E-state index in [1.54, 1.807) is 28.0 Å². The molecule has 23 heavy (non-hydrogen) atoms. The van der Waals surface area contributed by atoms with Gasteiger partial charge in [0.25, 0.3) is 5.91 Å². The number of piperazine rings is 1. The molecule has 1 fully saturated rings. The maximum atomic E-state index is 12.7. The molecule has 0 bridgehead atoms. The highest BCUT2D eigenvalue weighted by atomic mass is 16.6. The lowest BCUT2D eigenvalue weighted by molar-refractivity contribution is 0.0656. The van der Waals surface area contributed by atoms with Crippen LogP contribution >= 0.6 is 0 Å². The number of hydrogen-bond acceptors (Lipinski definition) is 4. The minimum atomic E-state index is -0.0806. The number of carbonyl (C=O) groups excluding carboxylic acids is 2. The monoisotopic (exact) mass is 319 g/mol. The van der Waals surface area contributed by atoms with Gasteiger partial charge in [-0.05, 0) is 19.1 Å². The van der Waals surface area contributed by atoms with E-state index in [2.05, 4.69) is 5.32 Å². The first kappa shape index (κ1) is 15.5. The van der Waals surface area contributed by atoms with Gasteiger partial charge >= 0.3 is 6.03 Å². The van der Waals surface area contributed by atoms with Crippen LogP contribution in [-0.4, -0.2) is 67.7 Å². The predicted molar refractivity (Wildman–Crippen MR) is 84.0 cm³/mol. The highest BCUT2D eigenvalue weighted by molar-refractivity contribution is 5.98. The van der Waals surface area contributed by atoms with E-state index >= 15 is 0 Å². The molecule has 1 aromatic carbocycles. The fourth-order valence-corrected chi connectivity index (χ4v) is 2.79. The Morgan fingerprint density at radius 3 is 2.52 bits per heavy atom. The van der Waals surface area contributed by atoms with Crippen LogP contribution in [-0.2, 0) is 0 Å². The number of benzene rings is 1. The zero-order chi connectivity index (χ0) is 16.2. The molecule has 1 aromatic rings. The van der Waals surface area contributed by atoms with Crippen LogP contribution in [0.2, 0.25) is 0 Å². The summed E-state index contributed by atoms with van der Waals surface area (Å²) in [7, 11) is 0. The standard InChI is InChI=1S/C16H21N3O4/c1-2-17-16(21)19-8-6-18(7-9-19)15(20)12-4-3-5-13-14(12)23-11-10-22-13/h3-5H,2,6-11H2,1H3,(H,17,21). The van der Waals surface area contributed by atoms with Crippen molar-refractivity contribution in [1.29, 1.82) is 0 Å². The smallest absolute Gasteiger partial charge is 0.317 e. The molecule has 2 aliphatic heterocycles. The Bertz CT molecular complexity index is 597. The maximum absolute atomic E-state index is 12.7. The van der Waals surface area contributed by atoms with Gasteiger partial charge in [-0.2, -0.15) is 0 Å². The highest BCUT2D eigenvalue weighted by Crippen LogP contribution is 2.34. The lowest BCUT2D eigenvalue weighted by Gasteiger charge is -2.35. The summed E-state index contributed by atoms with van der Waals surface area (Å²) in [6.45, 7) is 5.52. The van der Waals surface area contributed by atoms with Crippen molar-refractivity contribution in [1.82, 2.24) is 15.1 Å². The van der Waals surface area contributed by atoms with Gasteiger partial charge in [0.05, 0.1) is 5.56 Å². The van der Waals surface area contributed by atoms with Gasteiger partial charge in [0, 0.05) is 32.7 Å². The van der Waals surface area contributed by atoms with E-state index in [0.29, 0.717) is 63.0 Å². The zero-order valence-corrected chi connectivity index (χ0v) is 13.2. The largest absolute Gasteiger partial charge is 0.486 e. The minimum absolute atomic E-state index is 0.0755. The van der Waals surface area contributed by atoms with Crippen molar-refractivity contribution < 1.29 is 19.1 Å². The van der Waals surface area contributed by atoms with E-state index < -0.39 is 0 Å². The SMILES string of the molecule is CCNC(=O)N1CCN(C(=O)c2cccc3c2OCCO3)CC1. The molecule has 3 rings (SSSR count). The van der Waals surface area contributed by atoms with Crippen LogP contribution < -0.4 is 14.8 Å². The van der Waals surface area contributed by atoms with Gasteiger partial charge in [0.1, 0.15) is 13.2 Å². The number of urea groups is 1. The van der Waals surface area contributed by atoms with Crippen molar-refractivity contribution in [2.24, 2.45) is 0 Å². The van der Waals surface area contributed by atoms with E-state index in [4.69, 9.17) is 9.47 Å². The Labute approximate surface area is 135 Å². The van der Waals surface area contributed by atoms with Gasteiger partial charge in [0.2, 0.25) is 0 Å². The molecule has 3 amide bonds. The molecule has 0 spiro atoms. The summed E-state index contributed by atoms with van der Waals surface area (Å²) >= 11 is 0. The summed E-state index contributed by atoms with van der Waals surface area (Å²) in [5.41, 5.74) is 0.522. The first-order valence-corrected chi connectivity index (χ1v) is 7.91. The van der Waals surface area contributed by atoms with Gasteiger partial charge in [-0.3, -0.25) is 4.79 Å². The second-order valence-electron chi connectivity index (χ2n) is 5.44. The third-order valence-electron chi connectivity index (χ3n) is 3.98. The number of nitrogens with one attached hydrogen (secondary N) is 1. The van der Waals surface area contributed by atoms with Crippen molar-refractivity contribution in [3.8, 4) is 11.5 Å². The van der Waals surface area contributed by atoms with Crippen LogP contribution in [0, 0.1) is 0 Å². The van der Waals surface area contributed by atoms with E-state index in [0.717, 1.165) is 0 Å². The Hall–Kier alpha value is -2.44. The van der Waals surface area contributed by atoms with Crippen molar-refractivity contribution >= 4 is 11.9 Å². The van der Waals surface area contributed by atoms with Crippen LogP contribution in [0.15, 0.2) is 18.2 Å². The summed E-state index contributed by atoms with van der Waals surface area (Å²) in [6.07, 6.45) is 0. The van der Waals surface area contributed by atoms with Crippen LogP contribution in [0.1, 0.15) is 17.3 Å². The Kier molecular flexibility index (Phi) is 4.55. The second-order valence-corrected chi connectivity index (χ2v) is 5.44. The van der Waals surface area contributed by atoms with Gasteiger partial charge in [0.15, 0.2) is 11.5 Å². The quantitative estimate of drug-likeness (QED) is 0.881. The first-order chi connectivity index (χ1) is 11.2. The minimum Gasteiger partial charge on any atom is -0.486 e. The molecule has 0 saturated carbocycles. The number of amides is 3. The Morgan fingerprint density at radius 2 is 1.78 bits per heavy atom. The number of rotatable bonds is 2. The highest BCUT2D eigenvalue weighted by Gasteiger charge is 2.28. The molecule has 2 aliphatic rings.